The van der Waals surface area contributed by atoms with Crippen molar-refractivity contribution in [1.29, 1.82) is 0 Å². The van der Waals surface area contributed by atoms with Crippen molar-refractivity contribution in [2.24, 2.45) is 11.8 Å². The van der Waals surface area contributed by atoms with Crippen LogP contribution in [-0.4, -0.2) is 8.07 Å². The lowest BCUT2D eigenvalue weighted by atomic mass is 9.84. The number of allylic oxidation sites excluding steroid dienone is 2. The summed E-state index contributed by atoms with van der Waals surface area (Å²) in [6, 6.07) is 24.9. The van der Waals surface area contributed by atoms with E-state index in [-0.39, 0.29) is 10.8 Å². The zero-order valence-electron chi connectivity index (χ0n) is 36.4. The molecule has 4 aliphatic rings. The Balaban J connectivity index is 1.31. The number of rotatable bonds is 8. The van der Waals surface area contributed by atoms with Crippen LogP contribution in [0.5, 0.6) is 0 Å². The van der Waals surface area contributed by atoms with Crippen LogP contribution in [0.15, 0.2) is 71.8 Å². The highest BCUT2D eigenvalue weighted by Gasteiger charge is 2.50. The second-order valence-electron chi connectivity index (χ2n) is 21.5. The smallest absolute Gasteiger partial charge is 0.0679 e. The van der Waals surface area contributed by atoms with Gasteiger partial charge < -0.3 is 0 Å². The quantitative estimate of drug-likeness (QED) is 0.158. The van der Waals surface area contributed by atoms with Crippen LogP contribution in [0.4, 0.5) is 0 Å². The summed E-state index contributed by atoms with van der Waals surface area (Å²) in [5.74, 6) is 1.25. The standard InChI is InChI=1S/C54H68Si/c1-33(2)27-39-31-45-47(29-37-15-13-17-43(37)49(45)35-19-23-41(24-20-35)53(5,6)7)51(39)55(11,12)52-40(28-34(3)4)32-46-48(52)30-38-16-14-18-44(38)50(46)36-21-25-42(26-22-36)54(8,9)10/h19-26,29-34,51-52H,13-18,27-28H2,1-12H3/t51-,52+. The predicted molar refractivity (Wildman–Crippen MR) is 243 cm³/mol. The summed E-state index contributed by atoms with van der Waals surface area (Å²) < 4.78 is 0. The first-order chi connectivity index (χ1) is 25.9. The van der Waals surface area contributed by atoms with Crippen LogP contribution in [0.1, 0.15) is 162 Å². The van der Waals surface area contributed by atoms with Crippen molar-refractivity contribution in [3.8, 4) is 22.3 Å². The second-order valence-corrected chi connectivity index (χ2v) is 26.3. The lowest BCUT2D eigenvalue weighted by molar-refractivity contribution is 0.590. The Hall–Kier alpha value is -3.42. The fourth-order valence-electron chi connectivity index (χ4n) is 11.4. The number of fused-ring (bicyclic) bond motifs is 4. The maximum Gasteiger partial charge on any atom is 0.0722 e. The summed E-state index contributed by atoms with van der Waals surface area (Å²) in [5.41, 5.74) is 26.5. The third kappa shape index (κ3) is 6.79. The average molecular weight is 745 g/mol. The van der Waals surface area contributed by atoms with Gasteiger partial charge in [-0.05, 0) is 152 Å². The van der Waals surface area contributed by atoms with E-state index < -0.39 is 8.07 Å². The van der Waals surface area contributed by atoms with Crippen LogP contribution in [0, 0.1) is 11.8 Å². The Kier molecular flexibility index (Phi) is 9.72. The van der Waals surface area contributed by atoms with Crippen molar-refractivity contribution in [2.45, 2.75) is 156 Å². The molecule has 0 nitrogen and oxygen atoms in total. The van der Waals surface area contributed by atoms with E-state index in [9.17, 15) is 0 Å². The monoisotopic (exact) mass is 745 g/mol. The van der Waals surface area contributed by atoms with Crippen LogP contribution in [0.3, 0.4) is 0 Å². The van der Waals surface area contributed by atoms with Crippen molar-refractivity contribution >= 4 is 20.2 Å². The van der Waals surface area contributed by atoms with E-state index in [1.165, 1.54) is 73.6 Å². The first-order valence-electron chi connectivity index (χ1n) is 21.9. The summed E-state index contributed by atoms with van der Waals surface area (Å²) in [5, 5.41) is 0. The third-order valence-corrected chi connectivity index (χ3v) is 18.2. The fourth-order valence-corrected chi connectivity index (χ4v) is 16.2. The average Bonchev–Trinajstić information content (AvgIpc) is 3.90. The van der Waals surface area contributed by atoms with E-state index >= 15 is 0 Å². The molecule has 0 unspecified atom stereocenters. The number of hydrogen-bond donors (Lipinski definition) is 0. The predicted octanol–water partition coefficient (Wildman–Crippen LogP) is 15.1. The first kappa shape index (κ1) is 38.5. The lowest BCUT2D eigenvalue weighted by Crippen LogP contribution is -2.43. The molecule has 2 atom stereocenters. The minimum absolute atomic E-state index is 0.152. The highest BCUT2D eigenvalue weighted by atomic mass is 28.3. The van der Waals surface area contributed by atoms with Gasteiger partial charge in [0.25, 0.3) is 0 Å². The number of aryl methyl sites for hydroxylation is 2. The molecule has 0 fully saturated rings. The van der Waals surface area contributed by atoms with Gasteiger partial charge in [0.05, 0.1) is 8.07 Å². The zero-order chi connectivity index (χ0) is 39.2. The Bertz CT molecular complexity index is 2030. The van der Waals surface area contributed by atoms with Gasteiger partial charge in [0.2, 0.25) is 0 Å². The van der Waals surface area contributed by atoms with Gasteiger partial charge >= 0.3 is 0 Å². The van der Waals surface area contributed by atoms with Gasteiger partial charge in [0, 0.05) is 11.1 Å². The summed E-state index contributed by atoms with van der Waals surface area (Å²) >= 11 is 0. The van der Waals surface area contributed by atoms with E-state index in [0.717, 1.165) is 0 Å². The van der Waals surface area contributed by atoms with Crippen LogP contribution >= 0.6 is 0 Å². The molecule has 0 saturated heterocycles. The molecule has 0 aliphatic heterocycles. The lowest BCUT2D eigenvalue weighted by Gasteiger charge is -2.41. The molecule has 0 heterocycles. The van der Waals surface area contributed by atoms with E-state index in [1.54, 1.807) is 66.8 Å². The van der Waals surface area contributed by atoms with Crippen molar-refractivity contribution < 1.29 is 0 Å². The Morgan fingerprint density at radius 1 is 0.545 bits per heavy atom. The van der Waals surface area contributed by atoms with Crippen LogP contribution in [0.25, 0.3) is 34.4 Å². The van der Waals surface area contributed by atoms with Crippen LogP contribution in [0.2, 0.25) is 13.1 Å². The molecule has 0 bridgehead atoms. The first-order valence-corrected chi connectivity index (χ1v) is 25.1. The minimum atomic E-state index is -2.12. The van der Waals surface area contributed by atoms with Crippen molar-refractivity contribution in [3.05, 3.63) is 127 Å². The number of benzene rings is 4. The Labute approximate surface area is 336 Å². The van der Waals surface area contributed by atoms with Gasteiger partial charge in [-0.1, -0.05) is 166 Å². The van der Waals surface area contributed by atoms with Crippen molar-refractivity contribution in [2.75, 3.05) is 0 Å². The normalized spacial score (nSPS) is 19.2. The maximum absolute atomic E-state index is 2.80. The van der Waals surface area contributed by atoms with E-state index in [4.69, 9.17) is 0 Å². The molecule has 0 spiro atoms. The summed E-state index contributed by atoms with van der Waals surface area (Å²) in [4.78, 5) is 0. The molecular formula is C54H68Si. The highest BCUT2D eigenvalue weighted by Crippen LogP contribution is 2.58. The summed E-state index contributed by atoms with van der Waals surface area (Å²) in [6.45, 7) is 29.4. The number of hydrogen-bond acceptors (Lipinski definition) is 0. The summed E-state index contributed by atoms with van der Waals surface area (Å²) in [6.07, 6.45) is 15.2. The van der Waals surface area contributed by atoms with Crippen LogP contribution < -0.4 is 0 Å². The molecule has 8 rings (SSSR count). The van der Waals surface area contributed by atoms with E-state index in [0.29, 0.717) is 22.9 Å². The third-order valence-electron chi connectivity index (χ3n) is 13.8. The molecule has 4 aromatic rings. The van der Waals surface area contributed by atoms with Gasteiger partial charge in [0.15, 0.2) is 0 Å². The second kappa shape index (κ2) is 13.9. The molecule has 1 heteroatoms. The Morgan fingerprint density at radius 2 is 0.909 bits per heavy atom. The Morgan fingerprint density at radius 3 is 1.24 bits per heavy atom. The van der Waals surface area contributed by atoms with Crippen molar-refractivity contribution in [1.82, 2.24) is 0 Å². The van der Waals surface area contributed by atoms with Gasteiger partial charge in [-0.2, -0.15) is 0 Å². The van der Waals surface area contributed by atoms with E-state index in [2.05, 4.69) is 155 Å². The molecule has 0 radical (unpaired) electrons. The maximum atomic E-state index is 2.80. The molecule has 0 aromatic heterocycles. The van der Waals surface area contributed by atoms with Gasteiger partial charge in [-0.25, -0.2) is 0 Å². The summed E-state index contributed by atoms with van der Waals surface area (Å²) in [7, 11) is -2.12. The highest BCUT2D eigenvalue weighted by molar-refractivity contribution is 6.81. The van der Waals surface area contributed by atoms with Gasteiger partial charge in [-0.3, -0.25) is 0 Å². The minimum Gasteiger partial charge on any atom is -0.0679 e. The fraction of sp³-hybridized carbons (Fsp3) is 0.481. The van der Waals surface area contributed by atoms with Crippen LogP contribution in [-0.2, 0) is 36.5 Å². The van der Waals surface area contributed by atoms with Gasteiger partial charge in [-0.15, -0.1) is 0 Å². The largest absolute Gasteiger partial charge is 0.0722 e. The zero-order valence-corrected chi connectivity index (χ0v) is 37.4. The molecule has 55 heavy (non-hydrogen) atoms. The SMILES string of the molecule is CC(C)CC1=Cc2c(cc3c(c2-c2ccc(C(C)(C)C)cc2)CCC3)[C@@H]1[Si](C)(C)[C@H]1C(CC(C)C)=Cc2c1cc1c(c2-c2ccc(C(C)(C)C)cc2)CCC1. The molecule has 0 N–H and O–H groups in total. The molecule has 288 valence electrons. The van der Waals surface area contributed by atoms with E-state index in [1.807, 2.05) is 0 Å². The van der Waals surface area contributed by atoms with Crippen molar-refractivity contribution in [3.63, 3.8) is 0 Å². The van der Waals surface area contributed by atoms with Gasteiger partial charge in [0.1, 0.15) is 0 Å². The topological polar surface area (TPSA) is 0 Å². The molecule has 0 saturated carbocycles. The molecule has 4 aliphatic carbocycles. The molecule has 4 aromatic carbocycles. The molecular weight excluding hydrogens is 677 g/mol. The molecule has 0 amide bonds.